The van der Waals surface area contributed by atoms with Crippen molar-refractivity contribution in [1.29, 1.82) is 0 Å². The number of fused-ring (bicyclic) bond motifs is 1. The molecule has 0 aliphatic rings. The molecule has 0 radical (unpaired) electrons. The Hall–Kier alpha value is -1.91. The van der Waals surface area contributed by atoms with Gasteiger partial charge in [-0.25, -0.2) is 9.37 Å². The fourth-order valence-corrected chi connectivity index (χ4v) is 1.99. The van der Waals surface area contributed by atoms with Crippen molar-refractivity contribution in [1.82, 2.24) is 4.98 Å². The zero-order chi connectivity index (χ0) is 13.4. The van der Waals surface area contributed by atoms with Gasteiger partial charge in [-0.15, -0.1) is 0 Å². The Labute approximate surface area is 113 Å². The lowest BCUT2D eigenvalue weighted by Crippen LogP contribution is -1.98. The van der Waals surface area contributed by atoms with Gasteiger partial charge < -0.3 is 9.52 Å². The summed E-state index contributed by atoms with van der Waals surface area (Å²) >= 11 is 5.69. The quantitative estimate of drug-likeness (QED) is 0.727. The molecular weight excluding hydrogens is 269 g/mol. The third kappa shape index (κ3) is 2.32. The van der Waals surface area contributed by atoms with Gasteiger partial charge >= 0.3 is 0 Å². The number of aromatic nitrogens is 1. The van der Waals surface area contributed by atoms with E-state index in [4.69, 9.17) is 16.0 Å². The number of halogens is 2. The molecule has 0 bridgehead atoms. The van der Waals surface area contributed by atoms with Crippen LogP contribution in [0.15, 0.2) is 47.0 Å². The van der Waals surface area contributed by atoms with Crippen LogP contribution in [0.1, 0.15) is 17.4 Å². The number of aliphatic hydroxyl groups excluding tert-OH is 1. The van der Waals surface area contributed by atoms with Crippen molar-refractivity contribution in [2.24, 2.45) is 0 Å². The van der Waals surface area contributed by atoms with Crippen LogP contribution < -0.4 is 0 Å². The summed E-state index contributed by atoms with van der Waals surface area (Å²) in [4.78, 5) is 3.90. The molecule has 0 aliphatic heterocycles. The Morgan fingerprint density at radius 2 is 2.05 bits per heavy atom. The Morgan fingerprint density at radius 3 is 2.79 bits per heavy atom. The first kappa shape index (κ1) is 12.1. The Bertz CT molecular complexity index is 724. The minimum absolute atomic E-state index is 0.338. The van der Waals surface area contributed by atoms with E-state index in [0.29, 0.717) is 27.4 Å². The van der Waals surface area contributed by atoms with Gasteiger partial charge in [-0.3, -0.25) is 0 Å². The van der Waals surface area contributed by atoms with Crippen LogP contribution in [0.3, 0.4) is 0 Å². The summed E-state index contributed by atoms with van der Waals surface area (Å²) in [6.45, 7) is 0. The minimum atomic E-state index is -0.958. The molecule has 96 valence electrons. The predicted molar refractivity (Wildman–Crippen MR) is 69.5 cm³/mol. The van der Waals surface area contributed by atoms with E-state index < -0.39 is 6.10 Å². The maximum atomic E-state index is 13.1. The van der Waals surface area contributed by atoms with Crippen LogP contribution in [0.2, 0.25) is 5.15 Å². The minimum Gasteiger partial charge on any atom is -0.458 e. The molecule has 19 heavy (non-hydrogen) atoms. The molecule has 3 rings (SSSR count). The van der Waals surface area contributed by atoms with Crippen LogP contribution >= 0.6 is 11.6 Å². The van der Waals surface area contributed by atoms with Crippen molar-refractivity contribution in [2.75, 3.05) is 0 Å². The van der Waals surface area contributed by atoms with Crippen molar-refractivity contribution < 1.29 is 13.9 Å². The molecule has 1 N–H and O–H groups in total. The van der Waals surface area contributed by atoms with Crippen LogP contribution in [0, 0.1) is 5.82 Å². The summed E-state index contributed by atoms with van der Waals surface area (Å²) in [6, 6.07) is 9.05. The number of benzene rings is 1. The average molecular weight is 278 g/mol. The molecule has 3 aromatic rings. The van der Waals surface area contributed by atoms with Gasteiger partial charge in [-0.1, -0.05) is 17.7 Å². The molecule has 1 aromatic carbocycles. The SMILES string of the molecule is OC(c1ccc(Cl)nc1)c1cc2cc(F)ccc2o1. The molecule has 2 aromatic heterocycles. The standard InChI is InChI=1S/C14H9ClFNO2/c15-13-4-1-8(7-17-13)14(18)12-6-9-5-10(16)2-3-11(9)19-12/h1-7,14,18H. The smallest absolute Gasteiger partial charge is 0.138 e. The Morgan fingerprint density at radius 1 is 1.21 bits per heavy atom. The molecular formula is C14H9ClFNO2. The maximum absolute atomic E-state index is 13.1. The van der Waals surface area contributed by atoms with E-state index in [0.717, 1.165) is 0 Å². The first-order valence-corrected chi connectivity index (χ1v) is 6.00. The third-order valence-electron chi connectivity index (χ3n) is 2.83. The first-order chi connectivity index (χ1) is 9.13. The number of aliphatic hydroxyl groups is 1. The summed E-state index contributed by atoms with van der Waals surface area (Å²) in [6.07, 6.45) is 0.515. The maximum Gasteiger partial charge on any atom is 0.138 e. The van der Waals surface area contributed by atoms with Crippen molar-refractivity contribution >= 4 is 22.6 Å². The zero-order valence-corrected chi connectivity index (χ0v) is 10.4. The lowest BCUT2D eigenvalue weighted by atomic mass is 10.1. The molecule has 5 heteroatoms. The summed E-state index contributed by atoms with van der Waals surface area (Å²) in [5.41, 5.74) is 1.08. The molecule has 2 heterocycles. The highest BCUT2D eigenvalue weighted by atomic mass is 35.5. The lowest BCUT2D eigenvalue weighted by Gasteiger charge is -2.06. The van der Waals surface area contributed by atoms with Crippen LogP contribution in [0.4, 0.5) is 4.39 Å². The summed E-state index contributed by atoms with van der Waals surface area (Å²) in [5.74, 6) is -0.00720. The van der Waals surface area contributed by atoms with Gasteiger partial charge in [0.1, 0.15) is 28.4 Å². The van der Waals surface area contributed by atoms with Crippen molar-refractivity contribution in [3.05, 3.63) is 64.9 Å². The van der Waals surface area contributed by atoms with Gasteiger partial charge in [0, 0.05) is 17.1 Å². The van der Waals surface area contributed by atoms with Gasteiger partial charge in [0.2, 0.25) is 0 Å². The van der Waals surface area contributed by atoms with Gasteiger partial charge in [0.25, 0.3) is 0 Å². The molecule has 0 aliphatic carbocycles. The molecule has 0 amide bonds. The van der Waals surface area contributed by atoms with E-state index in [1.807, 2.05) is 0 Å². The number of nitrogens with zero attached hydrogens (tertiary/aromatic N) is 1. The molecule has 1 unspecified atom stereocenters. The number of furan rings is 1. The van der Waals surface area contributed by atoms with E-state index >= 15 is 0 Å². The normalized spacial score (nSPS) is 12.8. The van der Waals surface area contributed by atoms with Gasteiger partial charge in [0.05, 0.1) is 0 Å². The Kier molecular flexibility index (Phi) is 2.97. The van der Waals surface area contributed by atoms with E-state index in [9.17, 15) is 9.50 Å². The van der Waals surface area contributed by atoms with E-state index in [-0.39, 0.29) is 5.82 Å². The van der Waals surface area contributed by atoms with Crippen LogP contribution in [-0.2, 0) is 0 Å². The second kappa shape index (κ2) is 4.64. The lowest BCUT2D eigenvalue weighted by molar-refractivity contribution is 0.192. The van der Waals surface area contributed by atoms with E-state index in [1.165, 1.54) is 24.4 Å². The monoisotopic (exact) mass is 277 g/mol. The third-order valence-corrected chi connectivity index (χ3v) is 3.06. The number of hydrogen-bond donors (Lipinski definition) is 1. The molecule has 3 nitrogen and oxygen atoms in total. The van der Waals surface area contributed by atoms with E-state index in [2.05, 4.69) is 4.98 Å². The average Bonchev–Trinajstić information content (AvgIpc) is 2.81. The van der Waals surface area contributed by atoms with Crippen molar-refractivity contribution in [2.45, 2.75) is 6.10 Å². The predicted octanol–water partition coefficient (Wildman–Crippen LogP) is 3.70. The fourth-order valence-electron chi connectivity index (χ4n) is 1.88. The summed E-state index contributed by atoms with van der Waals surface area (Å²) in [5, 5.41) is 11.1. The van der Waals surface area contributed by atoms with Crippen LogP contribution in [-0.4, -0.2) is 10.1 Å². The second-order valence-electron chi connectivity index (χ2n) is 4.15. The Balaban J connectivity index is 2.01. The largest absolute Gasteiger partial charge is 0.458 e. The van der Waals surface area contributed by atoms with Gasteiger partial charge in [-0.2, -0.15) is 0 Å². The molecule has 0 fully saturated rings. The summed E-state index contributed by atoms with van der Waals surface area (Å²) in [7, 11) is 0. The molecule has 0 spiro atoms. The highest BCUT2D eigenvalue weighted by Gasteiger charge is 2.16. The number of pyridine rings is 1. The summed E-state index contributed by atoms with van der Waals surface area (Å²) < 4.78 is 18.6. The topological polar surface area (TPSA) is 46.3 Å². The van der Waals surface area contributed by atoms with Crippen molar-refractivity contribution in [3.63, 3.8) is 0 Å². The van der Waals surface area contributed by atoms with E-state index in [1.54, 1.807) is 18.2 Å². The van der Waals surface area contributed by atoms with Crippen LogP contribution in [0.25, 0.3) is 11.0 Å². The molecule has 0 saturated carbocycles. The highest BCUT2D eigenvalue weighted by molar-refractivity contribution is 6.29. The van der Waals surface area contributed by atoms with Crippen molar-refractivity contribution in [3.8, 4) is 0 Å². The van der Waals surface area contributed by atoms with Gasteiger partial charge in [0.15, 0.2) is 0 Å². The van der Waals surface area contributed by atoms with Gasteiger partial charge in [-0.05, 0) is 30.3 Å². The number of rotatable bonds is 2. The highest BCUT2D eigenvalue weighted by Crippen LogP contribution is 2.28. The fraction of sp³-hybridized carbons (Fsp3) is 0.0714. The molecule has 0 saturated heterocycles. The van der Waals surface area contributed by atoms with Crippen LogP contribution in [0.5, 0.6) is 0 Å². The zero-order valence-electron chi connectivity index (χ0n) is 9.68. The number of hydrogen-bond acceptors (Lipinski definition) is 3. The second-order valence-corrected chi connectivity index (χ2v) is 4.53. The molecule has 1 atom stereocenters. The first-order valence-electron chi connectivity index (χ1n) is 5.62.